The summed E-state index contributed by atoms with van der Waals surface area (Å²) in [5.41, 5.74) is 2.83. The van der Waals surface area contributed by atoms with Crippen LogP contribution < -0.4 is 4.74 Å². The van der Waals surface area contributed by atoms with Crippen molar-refractivity contribution in [3.63, 3.8) is 0 Å². The van der Waals surface area contributed by atoms with Gasteiger partial charge in [-0.3, -0.25) is 4.79 Å². The van der Waals surface area contributed by atoms with Crippen molar-refractivity contribution in [2.45, 2.75) is 32.6 Å². The first-order chi connectivity index (χ1) is 10.1. The highest BCUT2D eigenvalue weighted by atomic mass is 16.5. The fourth-order valence-corrected chi connectivity index (χ4v) is 2.13. The molecule has 0 amide bonds. The number of aromatic nitrogens is 3. The zero-order valence-corrected chi connectivity index (χ0v) is 12.2. The van der Waals surface area contributed by atoms with Crippen LogP contribution in [-0.4, -0.2) is 33.2 Å². The second-order valence-corrected chi connectivity index (χ2v) is 4.91. The largest absolute Gasteiger partial charge is 0.496 e. The number of ether oxygens (including phenoxy) is 1. The van der Waals surface area contributed by atoms with Crippen LogP contribution in [0.1, 0.15) is 30.5 Å². The fourth-order valence-electron chi connectivity index (χ4n) is 2.13. The molecule has 2 rings (SSSR count). The average molecular weight is 289 g/mol. The second kappa shape index (κ2) is 6.88. The van der Waals surface area contributed by atoms with E-state index in [4.69, 9.17) is 9.84 Å². The Bertz CT molecular complexity index is 622. The highest BCUT2D eigenvalue weighted by molar-refractivity contribution is 5.66. The Labute approximate surface area is 123 Å². The summed E-state index contributed by atoms with van der Waals surface area (Å²) in [6, 6.07) is 5.81. The number of hydrogen-bond donors (Lipinski definition) is 1. The topological polar surface area (TPSA) is 77.2 Å². The van der Waals surface area contributed by atoms with Crippen LogP contribution in [0, 0.1) is 6.92 Å². The number of nitrogens with zero attached hydrogens (tertiary/aromatic N) is 3. The maximum atomic E-state index is 10.4. The van der Waals surface area contributed by atoms with E-state index >= 15 is 0 Å². The van der Waals surface area contributed by atoms with Crippen molar-refractivity contribution in [3.05, 3.63) is 35.7 Å². The number of carboxylic acids is 1. The maximum absolute atomic E-state index is 10.4. The first kappa shape index (κ1) is 15.0. The molecule has 1 aromatic heterocycles. The molecule has 21 heavy (non-hydrogen) atoms. The molecule has 1 aromatic carbocycles. The van der Waals surface area contributed by atoms with Gasteiger partial charge in [0.25, 0.3) is 0 Å². The predicted octanol–water partition coefficient (Wildman–Crippen LogP) is 2.38. The van der Waals surface area contributed by atoms with Gasteiger partial charge in [0.1, 0.15) is 5.75 Å². The molecule has 0 spiro atoms. The number of carbonyl (C=O) groups is 1. The molecule has 6 nitrogen and oxygen atoms in total. The Kier molecular flexibility index (Phi) is 4.92. The van der Waals surface area contributed by atoms with Gasteiger partial charge < -0.3 is 9.84 Å². The van der Waals surface area contributed by atoms with Gasteiger partial charge in [0.2, 0.25) is 0 Å². The van der Waals surface area contributed by atoms with Gasteiger partial charge in [0, 0.05) is 6.42 Å². The molecular formula is C15H19N3O3. The molecule has 0 saturated heterocycles. The van der Waals surface area contributed by atoms with Crippen LogP contribution in [0.4, 0.5) is 0 Å². The Morgan fingerprint density at radius 3 is 2.86 bits per heavy atom. The summed E-state index contributed by atoms with van der Waals surface area (Å²) in [6.45, 7) is 1.98. The van der Waals surface area contributed by atoms with E-state index in [0.717, 1.165) is 35.5 Å². The molecule has 1 heterocycles. The SMILES string of the molecule is COc1ccc(-n2cc(CCCCC(=O)O)nn2)cc1C. The number of aryl methyl sites for hydroxylation is 2. The smallest absolute Gasteiger partial charge is 0.303 e. The zero-order chi connectivity index (χ0) is 15.2. The number of carboxylic acid groups (broad SMARTS) is 1. The highest BCUT2D eigenvalue weighted by Crippen LogP contribution is 2.20. The molecule has 0 unspecified atom stereocenters. The second-order valence-electron chi connectivity index (χ2n) is 4.91. The Morgan fingerprint density at radius 1 is 1.38 bits per heavy atom. The monoisotopic (exact) mass is 289 g/mol. The van der Waals surface area contributed by atoms with E-state index in [1.165, 1.54) is 0 Å². The number of aliphatic carboxylic acids is 1. The maximum Gasteiger partial charge on any atom is 0.303 e. The lowest BCUT2D eigenvalue weighted by molar-refractivity contribution is -0.137. The molecule has 0 fully saturated rings. The van der Waals surface area contributed by atoms with Crippen LogP contribution in [0.3, 0.4) is 0 Å². The molecule has 0 radical (unpaired) electrons. The zero-order valence-electron chi connectivity index (χ0n) is 12.2. The number of unbranched alkanes of at least 4 members (excludes halogenated alkanes) is 1. The molecule has 0 aliphatic carbocycles. The van der Waals surface area contributed by atoms with Crippen molar-refractivity contribution in [3.8, 4) is 11.4 Å². The van der Waals surface area contributed by atoms with Gasteiger partial charge in [-0.1, -0.05) is 5.21 Å². The minimum Gasteiger partial charge on any atom is -0.496 e. The van der Waals surface area contributed by atoms with Crippen LogP contribution in [0.15, 0.2) is 24.4 Å². The van der Waals surface area contributed by atoms with Crippen molar-refractivity contribution < 1.29 is 14.6 Å². The molecule has 112 valence electrons. The van der Waals surface area contributed by atoms with E-state index in [-0.39, 0.29) is 6.42 Å². The standard InChI is InChI=1S/C15H19N3O3/c1-11-9-13(7-8-14(11)21-2)18-10-12(16-17-18)5-3-4-6-15(19)20/h7-10H,3-6H2,1-2H3,(H,19,20). The molecule has 0 atom stereocenters. The molecule has 0 aliphatic heterocycles. The van der Waals surface area contributed by atoms with E-state index in [2.05, 4.69) is 10.3 Å². The van der Waals surface area contributed by atoms with Gasteiger partial charge in [0.15, 0.2) is 0 Å². The van der Waals surface area contributed by atoms with Gasteiger partial charge >= 0.3 is 5.97 Å². The van der Waals surface area contributed by atoms with Crippen LogP contribution in [0.25, 0.3) is 5.69 Å². The summed E-state index contributed by atoms with van der Waals surface area (Å²) in [5, 5.41) is 16.8. The fraction of sp³-hybridized carbons (Fsp3) is 0.400. The summed E-state index contributed by atoms with van der Waals surface area (Å²) < 4.78 is 6.95. The van der Waals surface area contributed by atoms with E-state index in [1.807, 2.05) is 31.3 Å². The van der Waals surface area contributed by atoms with E-state index in [1.54, 1.807) is 11.8 Å². The van der Waals surface area contributed by atoms with Gasteiger partial charge in [-0.15, -0.1) is 5.10 Å². The number of hydrogen-bond acceptors (Lipinski definition) is 4. The lowest BCUT2D eigenvalue weighted by Crippen LogP contribution is -1.96. The average Bonchev–Trinajstić information content (AvgIpc) is 2.92. The van der Waals surface area contributed by atoms with Gasteiger partial charge in [-0.2, -0.15) is 0 Å². The number of methoxy groups -OCH3 is 1. The Hall–Kier alpha value is -2.37. The van der Waals surface area contributed by atoms with Gasteiger partial charge in [-0.05, 0) is 49.9 Å². The van der Waals surface area contributed by atoms with Crippen molar-refractivity contribution in [1.82, 2.24) is 15.0 Å². The Morgan fingerprint density at radius 2 is 2.19 bits per heavy atom. The Balaban J connectivity index is 1.99. The quantitative estimate of drug-likeness (QED) is 0.792. The van der Waals surface area contributed by atoms with Gasteiger partial charge in [0.05, 0.1) is 24.7 Å². The molecule has 1 N–H and O–H groups in total. The van der Waals surface area contributed by atoms with Crippen LogP contribution in [-0.2, 0) is 11.2 Å². The third-order valence-electron chi connectivity index (χ3n) is 3.26. The molecule has 0 aliphatic rings. The van der Waals surface area contributed by atoms with E-state index in [9.17, 15) is 4.79 Å². The summed E-state index contributed by atoms with van der Waals surface area (Å²) >= 11 is 0. The van der Waals surface area contributed by atoms with Crippen molar-refractivity contribution in [2.75, 3.05) is 7.11 Å². The molecule has 6 heteroatoms. The third kappa shape index (κ3) is 4.05. The summed E-state index contributed by atoms with van der Waals surface area (Å²) in [7, 11) is 1.65. The van der Waals surface area contributed by atoms with Crippen molar-refractivity contribution in [1.29, 1.82) is 0 Å². The lowest BCUT2D eigenvalue weighted by atomic mass is 10.1. The number of benzene rings is 1. The van der Waals surface area contributed by atoms with E-state index in [0.29, 0.717) is 6.42 Å². The van der Waals surface area contributed by atoms with Crippen LogP contribution in [0.5, 0.6) is 5.75 Å². The third-order valence-corrected chi connectivity index (χ3v) is 3.26. The summed E-state index contributed by atoms with van der Waals surface area (Å²) in [5.74, 6) is 0.0834. The summed E-state index contributed by atoms with van der Waals surface area (Å²) in [4.78, 5) is 10.4. The highest BCUT2D eigenvalue weighted by Gasteiger charge is 2.06. The first-order valence-electron chi connectivity index (χ1n) is 6.88. The van der Waals surface area contributed by atoms with Crippen LogP contribution >= 0.6 is 0 Å². The van der Waals surface area contributed by atoms with E-state index < -0.39 is 5.97 Å². The first-order valence-corrected chi connectivity index (χ1v) is 6.88. The molecule has 0 bridgehead atoms. The predicted molar refractivity (Wildman–Crippen MR) is 77.8 cm³/mol. The van der Waals surface area contributed by atoms with Crippen LogP contribution in [0.2, 0.25) is 0 Å². The number of rotatable bonds is 7. The lowest BCUT2D eigenvalue weighted by Gasteiger charge is -2.06. The normalized spacial score (nSPS) is 10.6. The van der Waals surface area contributed by atoms with Gasteiger partial charge in [-0.25, -0.2) is 4.68 Å². The van der Waals surface area contributed by atoms with Crippen molar-refractivity contribution in [2.24, 2.45) is 0 Å². The minimum absolute atomic E-state index is 0.200. The summed E-state index contributed by atoms with van der Waals surface area (Å²) in [6.07, 6.45) is 4.27. The molecule has 0 saturated carbocycles. The van der Waals surface area contributed by atoms with Crippen molar-refractivity contribution >= 4 is 5.97 Å². The molecule has 2 aromatic rings. The molecular weight excluding hydrogens is 270 g/mol. The minimum atomic E-state index is -0.757.